The highest BCUT2D eigenvalue weighted by Gasteiger charge is 2.23. The van der Waals surface area contributed by atoms with Crippen LogP contribution < -0.4 is 5.32 Å². The minimum atomic E-state index is -1.14. The van der Waals surface area contributed by atoms with E-state index in [1.165, 1.54) is 11.8 Å². The number of aliphatic carboxylic acids is 1. The van der Waals surface area contributed by atoms with Crippen molar-refractivity contribution in [1.29, 1.82) is 0 Å². The SMILES string of the molecule is CC(C)(C)OC(=O)NC(CSCCOC=O)C(=O)O. The van der Waals surface area contributed by atoms with Gasteiger partial charge in [0.1, 0.15) is 18.2 Å². The van der Waals surface area contributed by atoms with Gasteiger partial charge in [-0.05, 0) is 20.8 Å². The van der Waals surface area contributed by atoms with Crippen molar-refractivity contribution in [3.63, 3.8) is 0 Å². The smallest absolute Gasteiger partial charge is 0.408 e. The first kappa shape index (κ1) is 17.6. The largest absolute Gasteiger partial charge is 0.480 e. The molecule has 8 heteroatoms. The monoisotopic (exact) mass is 293 g/mol. The maximum atomic E-state index is 11.4. The molecule has 0 fully saturated rings. The number of amides is 1. The molecule has 1 atom stereocenters. The van der Waals surface area contributed by atoms with E-state index < -0.39 is 23.7 Å². The van der Waals surface area contributed by atoms with E-state index >= 15 is 0 Å². The van der Waals surface area contributed by atoms with Crippen LogP contribution in [0, 0.1) is 0 Å². The molecular formula is C11H19NO6S. The summed E-state index contributed by atoms with van der Waals surface area (Å²) in [5, 5.41) is 11.2. The first-order valence-corrected chi connectivity index (χ1v) is 6.77. The van der Waals surface area contributed by atoms with Gasteiger partial charge in [0.05, 0.1) is 0 Å². The van der Waals surface area contributed by atoms with E-state index in [0.717, 1.165) is 0 Å². The molecule has 0 bridgehead atoms. The van der Waals surface area contributed by atoms with Crippen molar-refractivity contribution >= 4 is 30.3 Å². The van der Waals surface area contributed by atoms with Gasteiger partial charge >= 0.3 is 12.1 Å². The molecule has 1 unspecified atom stereocenters. The van der Waals surface area contributed by atoms with E-state index in [0.29, 0.717) is 12.2 Å². The van der Waals surface area contributed by atoms with Crippen LogP contribution in [0.2, 0.25) is 0 Å². The lowest BCUT2D eigenvalue weighted by atomic mass is 10.2. The van der Waals surface area contributed by atoms with Crippen molar-refractivity contribution in [1.82, 2.24) is 5.32 Å². The first-order valence-electron chi connectivity index (χ1n) is 5.61. The zero-order valence-electron chi connectivity index (χ0n) is 11.2. The fraction of sp³-hybridized carbons (Fsp3) is 0.727. The molecule has 0 spiro atoms. The molecule has 0 aromatic rings. The Morgan fingerprint density at radius 1 is 1.42 bits per heavy atom. The lowest BCUT2D eigenvalue weighted by Gasteiger charge is -2.21. The Labute approximate surface area is 116 Å². The molecule has 0 radical (unpaired) electrons. The number of alkyl carbamates (subject to hydrolysis) is 1. The fourth-order valence-corrected chi connectivity index (χ4v) is 1.82. The Hall–Kier alpha value is -1.44. The predicted octanol–water partition coefficient (Wildman–Crippen LogP) is 0.871. The van der Waals surface area contributed by atoms with Crippen LogP contribution in [0.25, 0.3) is 0 Å². The van der Waals surface area contributed by atoms with Crippen molar-refractivity contribution in [3.05, 3.63) is 0 Å². The van der Waals surface area contributed by atoms with Gasteiger partial charge in [-0.1, -0.05) is 0 Å². The summed E-state index contributed by atoms with van der Waals surface area (Å²) in [5.74, 6) is -0.523. The van der Waals surface area contributed by atoms with E-state index in [1.54, 1.807) is 20.8 Å². The molecule has 19 heavy (non-hydrogen) atoms. The molecule has 0 rings (SSSR count). The summed E-state index contributed by atoms with van der Waals surface area (Å²) in [5.41, 5.74) is -0.682. The number of hydrogen-bond donors (Lipinski definition) is 2. The van der Waals surface area contributed by atoms with E-state index in [9.17, 15) is 14.4 Å². The molecule has 0 aromatic heterocycles. The second-order valence-corrected chi connectivity index (χ2v) is 5.73. The van der Waals surface area contributed by atoms with E-state index in [2.05, 4.69) is 10.1 Å². The van der Waals surface area contributed by atoms with Crippen molar-refractivity contribution in [2.75, 3.05) is 18.1 Å². The summed E-state index contributed by atoms with van der Waals surface area (Å²) >= 11 is 1.25. The highest BCUT2D eigenvalue weighted by atomic mass is 32.2. The van der Waals surface area contributed by atoms with Gasteiger partial charge in [-0.25, -0.2) is 9.59 Å². The average Bonchev–Trinajstić information content (AvgIpc) is 2.24. The summed E-state index contributed by atoms with van der Waals surface area (Å²) in [6.45, 7) is 5.59. The Bertz CT molecular complexity index is 315. The van der Waals surface area contributed by atoms with Crippen LogP contribution in [0.15, 0.2) is 0 Å². The number of carboxylic acids is 1. The van der Waals surface area contributed by atoms with Crippen LogP contribution in [0.3, 0.4) is 0 Å². The van der Waals surface area contributed by atoms with Crippen molar-refractivity contribution in [3.8, 4) is 0 Å². The van der Waals surface area contributed by atoms with Crippen LogP contribution >= 0.6 is 11.8 Å². The zero-order chi connectivity index (χ0) is 14.9. The molecule has 0 saturated heterocycles. The Morgan fingerprint density at radius 2 is 2.05 bits per heavy atom. The summed E-state index contributed by atoms with van der Waals surface area (Å²) < 4.78 is 9.43. The van der Waals surface area contributed by atoms with Gasteiger partial charge in [-0.3, -0.25) is 4.79 Å². The molecule has 0 heterocycles. The van der Waals surface area contributed by atoms with Gasteiger partial charge < -0.3 is 19.9 Å². The van der Waals surface area contributed by atoms with Gasteiger partial charge in [-0.15, -0.1) is 0 Å². The maximum Gasteiger partial charge on any atom is 0.408 e. The minimum absolute atomic E-state index is 0.163. The Morgan fingerprint density at radius 3 is 2.53 bits per heavy atom. The average molecular weight is 293 g/mol. The standard InChI is InChI=1S/C11H19NO6S/c1-11(2,3)18-10(16)12-8(9(14)15)6-19-5-4-17-7-13/h7-8H,4-6H2,1-3H3,(H,12,16)(H,14,15). The first-order chi connectivity index (χ1) is 8.76. The normalized spacial score (nSPS) is 12.4. The zero-order valence-corrected chi connectivity index (χ0v) is 12.0. The van der Waals surface area contributed by atoms with E-state index in [1.807, 2.05) is 0 Å². The number of carboxylic acid groups (broad SMARTS) is 1. The lowest BCUT2D eigenvalue weighted by Crippen LogP contribution is -2.45. The third kappa shape index (κ3) is 10.2. The summed E-state index contributed by atoms with van der Waals surface area (Å²) in [7, 11) is 0. The number of nitrogens with one attached hydrogen (secondary N) is 1. The number of carbonyl (C=O) groups is 3. The van der Waals surface area contributed by atoms with Crippen LogP contribution in [0.4, 0.5) is 4.79 Å². The predicted molar refractivity (Wildman–Crippen MR) is 70.1 cm³/mol. The van der Waals surface area contributed by atoms with Gasteiger partial charge in [0.25, 0.3) is 6.47 Å². The topological polar surface area (TPSA) is 102 Å². The molecule has 7 nitrogen and oxygen atoms in total. The molecule has 2 N–H and O–H groups in total. The second kappa shape index (κ2) is 8.63. The minimum Gasteiger partial charge on any atom is -0.480 e. The molecule has 0 aromatic carbocycles. The number of carbonyl (C=O) groups excluding carboxylic acids is 2. The van der Waals surface area contributed by atoms with Gasteiger partial charge in [0, 0.05) is 11.5 Å². The quantitative estimate of drug-likeness (QED) is 0.505. The van der Waals surface area contributed by atoms with Crippen molar-refractivity contribution < 1.29 is 29.0 Å². The van der Waals surface area contributed by atoms with Crippen molar-refractivity contribution in [2.45, 2.75) is 32.4 Å². The number of hydrogen-bond acceptors (Lipinski definition) is 6. The van der Waals surface area contributed by atoms with Crippen LogP contribution in [-0.2, 0) is 19.1 Å². The molecule has 0 aliphatic carbocycles. The van der Waals surface area contributed by atoms with Gasteiger partial charge in [-0.2, -0.15) is 11.8 Å². The highest BCUT2D eigenvalue weighted by Crippen LogP contribution is 2.08. The number of ether oxygens (including phenoxy) is 2. The molecular weight excluding hydrogens is 274 g/mol. The summed E-state index contributed by atoms with van der Waals surface area (Å²) in [4.78, 5) is 32.3. The Kier molecular flexibility index (Phi) is 7.97. The van der Waals surface area contributed by atoms with Crippen LogP contribution in [0.1, 0.15) is 20.8 Å². The highest BCUT2D eigenvalue weighted by molar-refractivity contribution is 7.99. The molecule has 110 valence electrons. The second-order valence-electron chi connectivity index (χ2n) is 4.58. The lowest BCUT2D eigenvalue weighted by molar-refractivity contribution is -0.138. The molecule has 1 amide bonds. The maximum absolute atomic E-state index is 11.4. The molecule has 0 saturated carbocycles. The van der Waals surface area contributed by atoms with Crippen molar-refractivity contribution in [2.24, 2.45) is 0 Å². The van der Waals surface area contributed by atoms with Gasteiger partial charge in [0.15, 0.2) is 0 Å². The summed E-state index contributed by atoms with van der Waals surface area (Å²) in [6, 6.07) is -1.05. The summed E-state index contributed by atoms with van der Waals surface area (Å²) in [6.07, 6.45) is -0.773. The van der Waals surface area contributed by atoms with Gasteiger partial charge in [0.2, 0.25) is 0 Å². The Balaban J connectivity index is 4.08. The fourth-order valence-electron chi connectivity index (χ4n) is 0.981. The molecule has 0 aliphatic rings. The number of rotatable bonds is 8. The third-order valence-electron chi connectivity index (χ3n) is 1.69. The third-order valence-corrected chi connectivity index (χ3v) is 2.71. The van der Waals surface area contributed by atoms with Crippen LogP contribution in [0.5, 0.6) is 0 Å². The number of thioether (sulfide) groups is 1. The van der Waals surface area contributed by atoms with E-state index in [-0.39, 0.29) is 12.4 Å². The molecule has 0 aliphatic heterocycles. The van der Waals surface area contributed by atoms with Crippen LogP contribution in [-0.4, -0.2) is 53.4 Å². The van der Waals surface area contributed by atoms with E-state index in [4.69, 9.17) is 9.84 Å².